The number of carbonyl (C=O) groups is 2. The average molecular weight is 458 g/mol. The van der Waals surface area contributed by atoms with E-state index in [1.165, 1.54) is 20.4 Å². The highest BCUT2D eigenvalue weighted by molar-refractivity contribution is 5.90. The molecule has 8 nitrogen and oxygen atoms in total. The van der Waals surface area contributed by atoms with Crippen LogP contribution in [0, 0.1) is 0 Å². The molecule has 1 heterocycles. The number of benzene rings is 3. The quantitative estimate of drug-likeness (QED) is 0.410. The van der Waals surface area contributed by atoms with Crippen molar-refractivity contribution >= 4 is 28.7 Å². The van der Waals surface area contributed by atoms with Crippen molar-refractivity contribution in [2.75, 3.05) is 19.5 Å². The van der Waals surface area contributed by atoms with Crippen LogP contribution in [0.25, 0.3) is 22.1 Å². The number of anilines is 1. The van der Waals surface area contributed by atoms with Crippen LogP contribution in [0.15, 0.2) is 82.2 Å². The molecule has 0 aliphatic heterocycles. The summed E-state index contributed by atoms with van der Waals surface area (Å²) in [5, 5.41) is 5.57. The second-order valence-electron chi connectivity index (χ2n) is 7.40. The molecule has 1 aromatic heterocycles. The van der Waals surface area contributed by atoms with Crippen LogP contribution in [0.1, 0.15) is 15.9 Å². The third-order valence-electron chi connectivity index (χ3n) is 5.18. The number of amides is 2. The van der Waals surface area contributed by atoms with Crippen molar-refractivity contribution in [2.45, 2.75) is 6.61 Å². The lowest BCUT2D eigenvalue weighted by Crippen LogP contribution is -2.24. The zero-order valence-electron chi connectivity index (χ0n) is 18.6. The second kappa shape index (κ2) is 9.91. The molecule has 0 saturated carbocycles. The van der Waals surface area contributed by atoms with Gasteiger partial charge in [-0.1, -0.05) is 24.3 Å². The number of nitrogens with one attached hydrogen (secondary N) is 2. The van der Waals surface area contributed by atoms with Crippen LogP contribution >= 0.6 is 0 Å². The topological polar surface area (TPSA) is 107 Å². The second-order valence-corrected chi connectivity index (χ2v) is 7.40. The zero-order chi connectivity index (χ0) is 24.1. The van der Waals surface area contributed by atoms with Crippen LogP contribution in [-0.2, 0) is 11.3 Å². The van der Waals surface area contributed by atoms with Crippen molar-refractivity contribution < 1.29 is 23.5 Å². The number of hydrogen-bond acceptors (Lipinski definition) is 6. The summed E-state index contributed by atoms with van der Waals surface area (Å²) in [7, 11) is 2.86. The highest BCUT2D eigenvalue weighted by Crippen LogP contribution is 2.25. The molecule has 0 unspecified atom stereocenters. The van der Waals surface area contributed by atoms with Crippen molar-refractivity contribution in [2.24, 2.45) is 0 Å². The van der Waals surface area contributed by atoms with Gasteiger partial charge in [0.05, 0.1) is 23.6 Å². The van der Waals surface area contributed by atoms with E-state index in [0.717, 1.165) is 5.56 Å². The van der Waals surface area contributed by atoms with E-state index in [0.29, 0.717) is 39.1 Å². The molecule has 8 heteroatoms. The Kier molecular flexibility index (Phi) is 6.59. The summed E-state index contributed by atoms with van der Waals surface area (Å²) >= 11 is 0. The predicted molar refractivity (Wildman–Crippen MR) is 128 cm³/mol. The van der Waals surface area contributed by atoms with Gasteiger partial charge < -0.3 is 24.5 Å². The van der Waals surface area contributed by atoms with Crippen LogP contribution in [0.5, 0.6) is 5.75 Å². The molecule has 0 spiro atoms. The number of hydrogen-bond donors (Lipinski definition) is 2. The molecular formula is C26H22N2O6. The summed E-state index contributed by atoms with van der Waals surface area (Å²) in [4.78, 5) is 36.2. The van der Waals surface area contributed by atoms with Crippen molar-refractivity contribution in [3.63, 3.8) is 0 Å². The van der Waals surface area contributed by atoms with Gasteiger partial charge in [0.2, 0.25) is 0 Å². The third kappa shape index (κ3) is 4.91. The summed E-state index contributed by atoms with van der Waals surface area (Å²) in [6.45, 7) is 0.231. The Bertz CT molecular complexity index is 1410. The van der Waals surface area contributed by atoms with Crippen molar-refractivity contribution in [3.8, 4) is 16.9 Å². The third-order valence-corrected chi connectivity index (χ3v) is 5.18. The molecule has 34 heavy (non-hydrogen) atoms. The Hall–Kier alpha value is -4.59. The first-order valence-corrected chi connectivity index (χ1v) is 10.4. The molecule has 0 radical (unpaired) electrons. The monoisotopic (exact) mass is 458 g/mol. The van der Waals surface area contributed by atoms with Gasteiger partial charge in [0.1, 0.15) is 24.2 Å². The van der Waals surface area contributed by atoms with Gasteiger partial charge >= 0.3 is 12.0 Å². The fourth-order valence-corrected chi connectivity index (χ4v) is 3.40. The van der Waals surface area contributed by atoms with E-state index in [4.69, 9.17) is 13.9 Å². The maximum atomic E-state index is 13.0. The molecule has 0 bridgehead atoms. The van der Waals surface area contributed by atoms with E-state index in [1.807, 2.05) is 6.07 Å². The summed E-state index contributed by atoms with van der Waals surface area (Å²) in [5.74, 6) is 0.110. The molecule has 4 rings (SSSR count). The molecule has 0 aliphatic carbocycles. The van der Waals surface area contributed by atoms with Gasteiger partial charge in [0.25, 0.3) is 0 Å². The molecule has 0 atom stereocenters. The van der Waals surface area contributed by atoms with Crippen LogP contribution in [0.4, 0.5) is 10.5 Å². The van der Waals surface area contributed by atoms with Crippen LogP contribution in [-0.4, -0.2) is 26.2 Å². The highest BCUT2D eigenvalue weighted by atomic mass is 16.5. The van der Waals surface area contributed by atoms with Gasteiger partial charge in [0.15, 0.2) is 5.43 Å². The molecule has 2 N–H and O–H groups in total. The molecule has 172 valence electrons. The van der Waals surface area contributed by atoms with Crippen molar-refractivity contribution in [1.29, 1.82) is 0 Å². The van der Waals surface area contributed by atoms with Crippen LogP contribution < -0.4 is 20.8 Å². The van der Waals surface area contributed by atoms with Gasteiger partial charge in [-0.15, -0.1) is 0 Å². The van der Waals surface area contributed by atoms with Gasteiger partial charge in [-0.25, -0.2) is 9.59 Å². The van der Waals surface area contributed by atoms with Gasteiger partial charge in [-0.05, 0) is 47.5 Å². The number of rotatable bonds is 6. The Balaban J connectivity index is 1.52. The molecular weight excluding hydrogens is 436 g/mol. The highest BCUT2D eigenvalue weighted by Gasteiger charge is 2.11. The standard InChI is InChI=1S/C26H22N2O6/c1-27-26(31)28-19-8-6-17(7-9-19)22-15-34-23-13-20(10-11-21(23)24(22)29)33-14-16-4-3-5-18(12-16)25(30)32-2/h3-13,15H,14H2,1-2H3,(H2,27,28,31). The van der Waals surface area contributed by atoms with E-state index in [1.54, 1.807) is 60.7 Å². The SMILES string of the molecule is CNC(=O)Nc1ccc(-c2coc3cc(OCc4cccc(C(=O)OC)c4)ccc3c2=O)cc1. The number of carbonyl (C=O) groups excluding carboxylic acids is 2. The maximum absolute atomic E-state index is 13.0. The Labute approximate surface area is 195 Å². The fraction of sp³-hybridized carbons (Fsp3) is 0.115. The largest absolute Gasteiger partial charge is 0.489 e. The summed E-state index contributed by atoms with van der Waals surface area (Å²) in [6, 6.07) is 18.6. The number of urea groups is 1. The average Bonchev–Trinajstić information content (AvgIpc) is 2.88. The molecule has 0 aliphatic rings. The van der Waals surface area contributed by atoms with E-state index >= 15 is 0 Å². The molecule has 0 fully saturated rings. The minimum atomic E-state index is -0.414. The van der Waals surface area contributed by atoms with Gasteiger partial charge in [-0.2, -0.15) is 0 Å². The first kappa shape index (κ1) is 22.6. The van der Waals surface area contributed by atoms with Crippen molar-refractivity contribution in [1.82, 2.24) is 5.32 Å². The Morgan fingerprint density at radius 3 is 2.53 bits per heavy atom. The lowest BCUT2D eigenvalue weighted by Gasteiger charge is -2.09. The van der Waals surface area contributed by atoms with E-state index < -0.39 is 5.97 Å². The number of methoxy groups -OCH3 is 1. The lowest BCUT2D eigenvalue weighted by atomic mass is 10.1. The summed E-state index contributed by atoms with van der Waals surface area (Å²) in [5.41, 5.74) is 3.15. The van der Waals surface area contributed by atoms with E-state index in [-0.39, 0.29) is 18.1 Å². The molecule has 2 amide bonds. The number of esters is 1. The maximum Gasteiger partial charge on any atom is 0.337 e. The van der Waals surface area contributed by atoms with Gasteiger partial charge in [0, 0.05) is 18.8 Å². The zero-order valence-corrected chi connectivity index (χ0v) is 18.6. The normalized spacial score (nSPS) is 10.5. The van der Waals surface area contributed by atoms with Crippen LogP contribution in [0.2, 0.25) is 0 Å². The minimum Gasteiger partial charge on any atom is -0.489 e. The Morgan fingerprint density at radius 1 is 1.00 bits per heavy atom. The number of ether oxygens (including phenoxy) is 2. The van der Waals surface area contributed by atoms with Gasteiger partial charge in [-0.3, -0.25) is 4.79 Å². The lowest BCUT2D eigenvalue weighted by molar-refractivity contribution is 0.0600. The fourth-order valence-electron chi connectivity index (χ4n) is 3.40. The Morgan fingerprint density at radius 2 is 1.79 bits per heavy atom. The number of fused-ring (bicyclic) bond motifs is 1. The summed E-state index contributed by atoms with van der Waals surface area (Å²) in [6.07, 6.45) is 1.41. The molecule has 4 aromatic rings. The van der Waals surface area contributed by atoms with Crippen LogP contribution in [0.3, 0.4) is 0 Å². The van der Waals surface area contributed by atoms with Crippen molar-refractivity contribution in [3.05, 3.63) is 94.3 Å². The molecule has 3 aromatic carbocycles. The summed E-state index contributed by atoms with van der Waals surface area (Å²) < 4.78 is 16.3. The van der Waals surface area contributed by atoms with E-state index in [9.17, 15) is 14.4 Å². The smallest absolute Gasteiger partial charge is 0.337 e. The minimum absolute atomic E-state index is 0.175. The predicted octanol–water partition coefficient (Wildman–Crippen LogP) is 4.58. The first-order chi connectivity index (χ1) is 16.5. The first-order valence-electron chi connectivity index (χ1n) is 10.4. The van der Waals surface area contributed by atoms with E-state index in [2.05, 4.69) is 10.6 Å². The molecule has 0 saturated heterocycles.